The summed E-state index contributed by atoms with van der Waals surface area (Å²) in [5.74, 6) is -0.219. The van der Waals surface area contributed by atoms with Crippen LogP contribution in [0.2, 0.25) is 0 Å². The van der Waals surface area contributed by atoms with E-state index in [1.807, 2.05) is 6.92 Å². The van der Waals surface area contributed by atoms with E-state index in [0.29, 0.717) is 11.0 Å². The van der Waals surface area contributed by atoms with Gasteiger partial charge in [-0.1, -0.05) is 6.92 Å². The topological polar surface area (TPSA) is 32.3 Å². The highest BCUT2D eigenvalue weighted by molar-refractivity contribution is 9.10. The summed E-state index contributed by atoms with van der Waals surface area (Å²) >= 11 is 3.18. The van der Waals surface area contributed by atoms with Gasteiger partial charge in [0.05, 0.1) is 10.5 Å². The first kappa shape index (κ1) is 14.5. The summed E-state index contributed by atoms with van der Waals surface area (Å²) in [6, 6.07) is 3.03. The van der Waals surface area contributed by atoms with E-state index in [0.717, 1.165) is 30.6 Å². The highest BCUT2D eigenvalue weighted by Crippen LogP contribution is 2.30. The number of halogens is 2. The van der Waals surface area contributed by atoms with E-state index in [9.17, 15) is 9.18 Å². The number of benzene rings is 1. The zero-order valence-corrected chi connectivity index (χ0v) is 12.8. The van der Waals surface area contributed by atoms with Crippen LogP contribution in [-0.2, 0) is 4.79 Å². The second-order valence-electron chi connectivity index (χ2n) is 4.84. The molecule has 5 heteroatoms. The third-order valence-corrected chi connectivity index (χ3v) is 3.98. The van der Waals surface area contributed by atoms with E-state index in [1.165, 1.54) is 6.07 Å². The van der Waals surface area contributed by atoms with Crippen LogP contribution in [0.4, 0.5) is 10.1 Å². The Morgan fingerprint density at radius 3 is 2.95 bits per heavy atom. The van der Waals surface area contributed by atoms with Crippen molar-refractivity contribution in [2.45, 2.75) is 32.7 Å². The molecule has 1 aliphatic rings. The number of nitrogens with one attached hydrogen (secondary N) is 1. The summed E-state index contributed by atoms with van der Waals surface area (Å²) in [6.45, 7) is 5.42. The van der Waals surface area contributed by atoms with Crippen molar-refractivity contribution in [1.29, 1.82) is 0 Å². The molecule has 1 amide bonds. The normalized spacial score (nSPS) is 19.3. The summed E-state index contributed by atoms with van der Waals surface area (Å²) in [7, 11) is 0. The molecule has 1 saturated heterocycles. The maximum absolute atomic E-state index is 13.4. The number of nitrogens with zero attached hydrogens (tertiary/aromatic N) is 1. The van der Waals surface area contributed by atoms with Crippen LogP contribution in [0.25, 0.3) is 0 Å². The molecular formula is C14H18BrFN2O. The van der Waals surface area contributed by atoms with Crippen molar-refractivity contribution in [1.82, 2.24) is 5.32 Å². The van der Waals surface area contributed by atoms with Crippen molar-refractivity contribution < 1.29 is 9.18 Å². The van der Waals surface area contributed by atoms with Gasteiger partial charge in [-0.3, -0.25) is 4.79 Å². The molecule has 0 bridgehead atoms. The van der Waals surface area contributed by atoms with E-state index in [-0.39, 0.29) is 17.8 Å². The van der Waals surface area contributed by atoms with Crippen LogP contribution < -0.4 is 10.2 Å². The molecule has 3 nitrogen and oxygen atoms in total. The molecule has 1 heterocycles. The maximum atomic E-state index is 13.4. The molecule has 0 radical (unpaired) electrons. The number of aryl methyl sites for hydroxylation is 1. The fraction of sp³-hybridized carbons (Fsp3) is 0.500. The Balaban J connectivity index is 2.20. The molecule has 1 fully saturated rings. The van der Waals surface area contributed by atoms with Crippen molar-refractivity contribution in [3.8, 4) is 0 Å². The Morgan fingerprint density at radius 1 is 1.53 bits per heavy atom. The molecule has 2 rings (SSSR count). The van der Waals surface area contributed by atoms with Gasteiger partial charge in [0.25, 0.3) is 0 Å². The number of carbonyl (C=O) groups is 1. The molecule has 19 heavy (non-hydrogen) atoms. The summed E-state index contributed by atoms with van der Waals surface area (Å²) < 4.78 is 13.8. The van der Waals surface area contributed by atoms with Crippen LogP contribution in [0.1, 0.15) is 25.3 Å². The van der Waals surface area contributed by atoms with Gasteiger partial charge >= 0.3 is 0 Å². The molecule has 1 aromatic carbocycles. The highest BCUT2D eigenvalue weighted by atomic mass is 79.9. The Morgan fingerprint density at radius 2 is 2.26 bits per heavy atom. The lowest BCUT2D eigenvalue weighted by Crippen LogP contribution is -2.38. The van der Waals surface area contributed by atoms with Crippen LogP contribution in [0.5, 0.6) is 0 Å². The zero-order chi connectivity index (χ0) is 14.0. The molecule has 1 aromatic rings. The minimum Gasteiger partial charge on any atom is -0.311 e. The quantitative estimate of drug-likeness (QED) is 0.921. The number of amides is 1. The van der Waals surface area contributed by atoms with E-state index in [1.54, 1.807) is 11.0 Å². The fourth-order valence-electron chi connectivity index (χ4n) is 2.35. The van der Waals surface area contributed by atoms with Gasteiger partial charge in [-0.15, -0.1) is 0 Å². The first-order valence-corrected chi connectivity index (χ1v) is 7.34. The molecule has 1 unspecified atom stereocenters. The molecule has 1 atom stereocenters. The predicted octanol–water partition coefficient (Wildman–Crippen LogP) is 3.00. The highest BCUT2D eigenvalue weighted by Gasteiger charge is 2.32. The van der Waals surface area contributed by atoms with E-state index in [4.69, 9.17) is 0 Å². The van der Waals surface area contributed by atoms with Crippen molar-refractivity contribution in [3.05, 3.63) is 28.0 Å². The lowest BCUT2D eigenvalue weighted by molar-refractivity contribution is -0.118. The Labute approximate surface area is 121 Å². The van der Waals surface area contributed by atoms with Crippen LogP contribution in [0, 0.1) is 12.7 Å². The predicted molar refractivity (Wildman–Crippen MR) is 77.9 cm³/mol. The van der Waals surface area contributed by atoms with Crippen LogP contribution in [0.3, 0.4) is 0 Å². The minimum absolute atomic E-state index is 0.0788. The first-order chi connectivity index (χ1) is 9.04. The average molecular weight is 329 g/mol. The number of rotatable bonds is 4. The number of hydrogen-bond acceptors (Lipinski definition) is 2. The summed E-state index contributed by atoms with van der Waals surface area (Å²) in [6.07, 6.45) is 1.80. The smallest absolute Gasteiger partial charge is 0.244 e. The number of carbonyl (C=O) groups excluding carboxylic acids is 1. The second kappa shape index (κ2) is 6.01. The lowest BCUT2D eigenvalue weighted by Gasteiger charge is -2.20. The van der Waals surface area contributed by atoms with Gasteiger partial charge in [0.15, 0.2) is 0 Å². The van der Waals surface area contributed by atoms with E-state index < -0.39 is 0 Å². The van der Waals surface area contributed by atoms with Gasteiger partial charge in [-0.05, 0) is 59.9 Å². The molecule has 0 spiro atoms. The molecule has 0 aliphatic carbocycles. The molecule has 1 aliphatic heterocycles. The monoisotopic (exact) mass is 328 g/mol. The average Bonchev–Trinajstić information content (AvgIpc) is 2.73. The number of anilines is 1. The second-order valence-corrected chi connectivity index (χ2v) is 5.69. The Kier molecular flexibility index (Phi) is 4.58. The van der Waals surface area contributed by atoms with Crippen molar-refractivity contribution in [2.24, 2.45) is 0 Å². The number of hydrogen-bond donors (Lipinski definition) is 1. The zero-order valence-electron chi connectivity index (χ0n) is 11.2. The van der Waals surface area contributed by atoms with Gasteiger partial charge in [0, 0.05) is 12.2 Å². The Hall–Kier alpha value is -0.940. The van der Waals surface area contributed by atoms with Crippen molar-refractivity contribution in [2.75, 3.05) is 18.0 Å². The van der Waals surface area contributed by atoms with Gasteiger partial charge in [0.2, 0.25) is 5.91 Å². The fourth-order valence-corrected chi connectivity index (χ4v) is 2.68. The maximum Gasteiger partial charge on any atom is 0.244 e. The molecule has 104 valence electrons. The van der Waals surface area contributed by atoms with Crippen LogP contribution >= 0.6 is 15.9 Å². The van der Waals surface area contributed by atoms with Crippen molar-refractivity contribution in [3.63, 3.8) is 0 Å². The van der Waals surface area contributed by atoms with E-state index in [2.05, 4.69) is 28.2 Å². The SMILES string of the molecule is CCCNC1CCN(c2cc(Br)c(F)cc2C)C1=O. The standard InChI is InChI=1S/C14H18BrFN2O/c1-3-5-17-12-4-6-18(14(12)19)13-8-10(15)11(16)7-9(13)2/h7-8,12,17H,3-6H2,1-2H3. The molecule has 0 aromatic heterocycles. The summed E-state index contributed by atoms with van der Waals surface area (Å²) in [5.41, 5.74) is 1.57. The third kappa shape index (κ3) is 2.98. The van der Waals surface area contributed by atoms with E-state index >= 15 is 0 Å². The molecule has 1 N–H and O–H groups in total. The van der Waals surface area contributed by atoms with Gasteiger partial charge in [-0.2, -0.15) is 0 Å². The minimum atomic E-state index is -0.298. The van der Waals surface area contributed by atoms with Gasteiger partial charge in [0.1, 0.15) is 5.82 Å². The third-order valence-electron chi connectivity index (χ3n) is 3.38. The summed E-state index contributed by atoms with van der Waals surface area (Å²) in [4.78, 5) is 14.1. The van der Waals surface area contributed by atoms with Gasteiger partial charge in [-0.25, -0.2) is 4.39 Å². The Bertz CT molecular complexity index is 493. The lowest BCUT2D eigenvalue weighted by atomic mass is 10.2. The molecular weight excluding hydrogens is 311 g/mol. The summed E-state index contributed by atoms with van der Waals surface area (Å²) in [5, 5.41) is 3.25. The van der Waals surface area contributed by atoms with Gasteiger partial charge < -0.3 is 10.2 Å². The first-order valence-electron chi connectivity index (χ1n) is 6.55. The van der Waals surface area contributed by atoms with Crippen LogP contribution in [-0.4, -0.2) is 25.0 Å². The van der Waals surface area contributed by atoms with Crippen molar-refractivity contribution >= 4 is 27.5 Å². The largest absolute Gasteiger partial charge is 0.311 e. The van der Waals surface area contributed by atoms with Crippen LogP contribution in [0.15, 0.2) is 16.6 Å². The molecule has 0 saturated carbocycles.